The lowest BCUT2D eigenvalue weighted by Gasteiger charge is -2.09. The van der Waals surface area contributed by atoms with Gasteiger partial charge < -0.3 is 0 Å². The molecule has 1 aliphatic heterocycles. The summed E-state index contributed by atoms with van der Waals surface area (Å²) in [4.78, 5) is 12.1. The van der Waals surface area contributed by atoms with Gasteiger partial charge >= 0.3 is 0 Å². The van der Waals surface area contributed by atoms with Crippen LogP contribution in [-0.4, -0.2) is 10.4 Å². The van der Waals surface area contributed by atoms with Gasteiger partial charge in [0.2, 0.25) is 0 Å². The van der Waals surface area contributed by atoms with Gasteiger partial charge in [-0.05, 0) is 30.4 Å². The molecule has 3 rings (SSSR count). The zero-order valence-electron chi connectivity index (χ0n) is 11.4. The lowest BCUT2D eigenvalue weighted by Crippen LogP contribution is -2.09. The van der Waals surface area contributed by atoms with Crippen LogP contribution in [0, 0.1) is 5.92 Å². The molecule has 102 valence electrons. The summed E-state index contributed by atoms with van der Waals surface area (Å²) in [5.41, 5.74) is 2.60. The van der Waals surface area contributed by atoms with Gasteiger partial charge in [-0.3, -0.25) is 4.79 Å². The molecule has 20 heavy (non-hydrogen) atoms. The maximum Gasteiger partial charge on any atom is 0.192 e. The second-order valence-electron chi connectivity index (χ2n) is 5.37. The normalized spacial score (nSPS) is 22.1. The zero-order chi connectivity index (χ0) is 13.8. The third-order valence-corrected chi connectivity index (χ3v) is 5.05. The van der Waals surface area contributed by atoms with Crippen molar-refractivity contribution < 1.29 is 4.79 Å². The summed E-state index contributed by atoms with van der Waals surface area (Å²) in [6.07, 6.45) is 2.90. The average molecular weight is 282 g/mol. The van der Waals surface area contributed by atoms with Crippen molar-refractivity contribution in [2.24, 2.45) is 5.92 Å². The maximum absolute atomic E-state index is 12.1. The van der Waals surface area contributed by atoms with Crippen LogP contribution >= 0.6 is 11.8 Å². The predicted octanol–water partition coefficient (Wildman–Crippen LogP) is 4.12. The smallest absolute Gasteiger partial charge is 0.192 e. The highest BCUT2D eigenvalue weighted by molar-refractivity contribution is 8.14. The molecule has 0 N–H and O–H groups in total. The van der Waals surface area contributed by atoms with Crippen molar-refractivity contribution in [1.82, 2.24) is 0 Å². The fraction of sp³-hybridized carbons (Fsp3) is 0.278. The Morgan fingerprint density at radius 1 is 0.850 bits per heavy atom. The van der Waals surface area contributed by atoms with Gasteiger partial charge in [0.15, 0.2) is 5.12 Å². The van der Waals surface area contributed by atoms with E-state index in [4.69, 9.17) is 0 Å². The SMILES string of the molecule is O=C1S[C@H](Cc2ccccc2)C[C@@H]1Cc1ccccc1. The molecular formula is C18H18OS. The van der Waals surface area contributed by atoms with E-state index < -0.39 is 0 Å². The number of hydrogen-bond donors (Lipinski definition) is 0. The van der Waals surface area contributed by atoms with Gasteiger partial charge in [-0.25, -0.2) is 0 Å². The molecule has 2 aromatic rings. The Morgan fingerprint density at radius 3 is 2.00 bits per heavy atom. The summed E-state index contributed by atoms with van der Waals surface area (Å²) in [5, 5.41) is 0.813. The van der Waals surface area contributed by atoms with Crippen LogP contribution in [0.1, 0.15) is 17.5 Å². The summed E-state index contributed by atoms with van der Waals surface area (Å²) in [6.45, 7) is 0. The van der Waals surface area contributed by atoms with Crippen molar-refractivity contribution in [3.63, 3.8) is 0 Å². The lowest BCUT2D eigenvalue weighted by molar-refractivity contribution is -0.113. The number of thioether (sulfide) groups is 1. The van der Waals surface area contributed by atoms with E-state index in [-0.39, 0.29) is 5.92 Å². The van der Waals surface area contributed by atoms with E-state index in [0.29, 0.717) is 10.4 Å². The molecule has 1 fully saturated rings. The average Bonchev–Trinajstić information content (AvgIpc) is 2.81. The van der Waals surface area contributed by atoms with Crippen molar-refractivity contribution in [2.45, 2.75) is 24.5 Å². The highest BCUT2D eigenvalue weighted by atomic mass is 32.2. The minimum atomic E-state index is 0.191. The minimum Gasteiger partial charge on any atom is -0.287 e. The van der Waals surface area contributed by atoms with Crippen LogP contribution in [0.5, 0.6) is 0 Å². The van der Waals surface area contributed by atoms with E-state index in [1.807, 2.05) is 24.3 Å². The van der Waals surface area contributed by atoms with Gasteiger partial charge in [0, 0.05) is 11.2 Å². The molecule has 2 atom stereocenters. The fourth-order valence-electron chi connectivity index (χ4n) is 2.79. The van der Waals surface area contributed by atoms with Crippen molar-refractivity contribution in [2.75, 3.05) is 0 Å². The van der Waals surface area contributed by atoms with Crippen LogP contribution in [0.2, 0.25) is 0 Å². The Kier molecular flexibility index (Phi) is 4.22. The van der Waals surface area contributed by atoms with E-state index in [1.165, 1.54) is 11.1 Å². The van der Waals surface area contributed by atoms with Gasteiger partial charge in [0.1, 0.15) is 0 Å². The Morgan fingerprint density at radius 2 is 1.40 bits per heavy atom. The molecule has 0 amide bonds. The van der Waals surface area contributed by atoms with Crippen molar-refractivity contribution in [1.29, 1.82) is 0 Å². The molecule has 0 radical (unpaired) electrons. The molecule has 1 heterocycles. The van der Waals surface area contributed by atoms with E-state index in [9.17, 15) is 4.79 Å². The molecule has 0 saturated carbocycles. The van der Waals surface area contributed by atoms with Crippen molar-refractivity contribution in [3.8, 4) is 0 Å². The monoisotopic (exact) mass is 282 g/mol. The number of carbonyl (C=O) groups is 1. The topological polar surface area (TPSA) is 17.1 Å². The fourth-order valence-corrected chi connectivity index (χ4v) is 4.09. The Labute approximate surface area is 124 Å². The number of hydrogen-bond acceptors (Lipinski definition) is 2. The summed E-state index contributed by atoms with van der Waals surface area (Å²) >= 11 is 1.55. The van der Waals surface area contributed by atoms with E-state index >= 15 is 0 Å². The summed E-state index contributed by atoms with van der Waals surface area (Å²) in [6, 6.07) is 20.8. The third kappa shape index (κ3) is 3.31. The largest absolute Gasteiger partial charge is 0.287 e. The lowest BCUT2D eigenvalue weighted by atomic mass is 9.94. The van der Waals surface area contributed by atoms with Crippen LogP contribution in [0.15, 0.2) is 60.7 Å². The van der Waals surface area contributed by atoms with Gasteiger partial charge in [0.05, 0.1) is 0 Å². The van der Waals surface area contributed by atoms with E-state index in [2.05, 4.69) is 36.4 Å². The van der Waals surface area contributed by atoms with Crippen molar-refractivity contribution in [3.05, 3.63) is 71.8 Å². The molecule has 0 aromatic heterocycles. The molecule has 0 spiro atoms. The van der Waals surface area contributed by atoms with Gasteiger partial charge in [-0.15, -0.1) is 0 Å². The van der Waals surface area contributed by atoms with E-state index in [0.717, 1.165) is 19.3 Å². The van der Waals surface area contributed by atoms with Gasteiger partial charge in [-0.2, -0.15) is 0 Å². The summed E-state index contributed by atoms with van der Waals surface area (Å²) in [5.74, 6) is 0.191. The summed E-state index contributed by atoms with van der Waals surface area (Å²) in [7, 11) is 0. The number of rotatable bonds is 4. The van der Waals surface area contributed by atoms with Crippen LogP contribution in [0.25, 0.3) is 0 Å². The molecule has 0 aliphatic carbocycles. The molecule has 0 bridgehead atoms. The second kappa shape index (κ2) is 6.27. The quantitative estimate of drug-likeness (QED) is 0.839. The first-order valence-corrected chi connectivity index (χ1v) is 7.97. The van der Waals surface area contributed by atoms with Crippen LogP contribution in [-0.2, 0) is 17.6 Å². The highest BCUT2D eigenvalue weighted by Gasteiger charge is 2.33. The first-order chi connectivity index (χ1) is 9.81. The Balaban J connectivity index is 1.61. The zero-order valence-corrected chi connectivity index (χ0v) is 12.2. The first-order valence-electron chi connectivity index (χ1n) is 7.09. The Bertz CT molecular complexity index is 564. The summed E-state index contributed by atoms with van der Waals surface area (Å²) < 4.78 is 0. The molecule has 2 aromatic carbocycles. The first kappa shape index (κ1) is 13.4. The van der Waals surface area contributed by atoms with Gasteiger partial charge in [0.25, 0.3) is 0 Å². The number of benzene rings is 2. The predicted molar refractivity (Wildman–Crippen MR) is 84.8 cm³/mol. The highest BCUT2D eigenvalue weighted by Crippen LogP contribution is 2.36. The van der Waals surface area contributed by atoms with Crippen molar-refractivity contribution >= 4 is 16.9 Å². The molecule has 1 aliphatic rings. The van der Waals surface area contributed by atoms with Crippen LogP contribution in [0.4, 0.5) is 0 Å². The standard InChI is InChI=1S/C18H18OS/c19-18-16(11-14-7-3-1-4-8-14)13-17(20-18)12-15-9-5-2-6-10-15/h1-10,16-17H,11-13H2/t16-,17+/m0/s1. The third-order valence-electron chi connectivity index (χ3n) is 3.79. The minimum absolute atomic E-state index is 0.191. The molecule has 2 heteroatoms. The molecule has 0 unspecified atom stereocenters. The van der Waals surface area contributed by atoms with E-state index in [1.54, 1.807) is 11.8 Å². The molecule has 1 nitrogen and oxygen atoms in total. The Hall–Kier alpha value is -1.54. The number of carbonyl (C=O) groups excluding carboxylic acids is 1. The maximum atomic E-state index is 12.1. The van der Waals surface area contributed by atoms with Gasteiger partial charge in [-0.1, -0.05) is 72.4 Å². The van der Waals surface area contributed by atoms with Crippen LogP contribution in [0.3, 0.4) is 0 Å². The molecule has 1 saturated heterocycles. The second-order valence-corrected chi connectivity index (χ2v) is 6.68. The van der Waals surface area contributed by atoms with Crippen LogP contribution < -0.4 is 0 Å². The molecular weight excluding hydrogens is 264 g/mol.